The van der Waals surface area contributed by atoms with E-state index in [0.29, 0.717) is 0 Å². The summed E-state index contributed by atoms with van der Waals surface area (Å²) in [6.07, 6.45) is -3.65. The number of aliphatic hydroxyl groups is 4. The maximum Gasteiger partial charge on any atom is 0.308 e. The lowest BCUT2D eigenvalue weighted by atomic mass is 9.80. The summed E-state index contributed by atoms with van der Waals surface area (Å²) in [6.45, 7) is 3.93. The van der Waals surface area contributed by atoms with Gasteiger partial charge in [-0.25, -0.2) is 0 Å². The van der Waals surface area contributed by atoms with Gasteiger partial charge in [0.05, 0.1) is 11.7 Å². The highest BCUT2D eigenvalue weighted by Crippen LogP contribution is 2.43. The molecular formula is C31H28O11. The van der Waals surface area contributed by atoms with E-state index in [2.05, 4.69) is 0 Å². The molecule has 0 amide bonds. The van der Waals surface area contributed by atoms with Gasteiger partial charge >= 0.3 is 5.97 Å². The molecule has 0 unspecified atom stereocenters. The van der Waals surface area contributed by atoms with Crippen LogP contribution >= 0.6 is 0 Å². The zero-order valence-electron chi connectivity index (χ0n) is 22.8. The smallest absolute Gasteiger partial charge is 0.308 e. The number of carbonyl (C=O) groups is 3. The van der Waals surface area contributed by atoms with Gasteiger partial charge in [-0.05, 0) is 43.7 Å². The van der Waals surface area contributed by atoms with Gasteiger partial charge in [0.2, 0.25) is 12.1 Å². The summed E-state index contributed by atoms with van der Waals surface area (Å²) in [6, 6.07) is 13.0. The third kappa shape index (κ3) is 4.87. The standard InChI is InChI=1S/C31H28O11/c1-14-22(42-30-29(37)31(38,39)28(36)15(2)40-30)13-20-24(25(14)33)26(34)19-11-12-21(41-16(3)32)18(23(19)27(20)35)10-9-17-7-5-4-6-8-17/h4-13,15,28-30,33,36-39H,1-3H3/b10-9+/t15-,28+,29-,30+/m0/s1. The van der Waals surface area contributed by atoms with Gasteiger partial charge in [0, 0.05) is 34.7 Å². The summed E-state index contributed by atoms with van der Waals surface area (Å²) >= 11 is 0. The van der Waals surface area contributed by atoms with Gasteiger partial charge < -0.3 is 39.7 Å². The van der Waals surface area contributed by atoms with Crippen molar-refractivity contribution in [2.45, 2.75) is 51.2 Å². The quantitative estimate of drug-likeness (QED) is 0.102. The molecule has 5 rings (SSSR count). The fourth-order valence-electron chi connectivity index (χ4n) is 5.03. The van der Waals surface area contributed by atoms with Crippen LogP contribution in [0.3, 0.4) is 0 Å². The van der Waals surface area contributed by atoms with Crippen molar-refractivity contribution in [1.29, 1.82) is 0 Å². The molecule has 0 saturated carbocycles. The molecule has 4 atom stereocenters. The zero-order chi connectivity index (χ0) is 30.5. The number of aromatic hydroxyl groups is 1. The summed E-state index contributed by atoms with van der Waals surface area (Å²) in [5.74, 6) is -5.69. The van der Waals surface area contributed by atoms with Crippen LogP contribution in [0.1, 0.15) is 62.4 Å². The molecule has 0 spiro atoms. The molecule has 3 aromatic rings. The Kier molecular flexibility index (Phi) is 7.48. The average molecular weight is 577 g/mol. The van der Waals surface area contributed by atoms with Crippen molar-refractivity contribution in [3.05, 3.63) is 87.5 Å². The number of esters is 1. The number of aliphatic hydroxyl groups excluding tert-OH is 2. The van der Waals surface area contributed by atoms with E-state index in [-0.39, 0.29) is 44.9 Å². The van der Waals surface area contributed by atoms with Crippen molar-refractivity contribution in [3.8, 4) is 17.2 Å². The van der Waals surface area contributed by atoms with Crippen LogP contribution in [0.4, 0.5) is 0 Å². The predicted molar refractivity (Wildman–Crippen MR) is 147 cm³/mol. The van der Waals surface area contributed by atoms with Gasteiger partial charge in [0.15, 0.2) is 17.7 Å². The van der Waals surface area contributed by atoms with Crippen molar-refractivity contribution in [2.75, 3.05) is 0 Å². The molecule has 2 aliphatic rings. The summed E-state index contributed by atoms with van der Waals surface area (Å²) in [5, 5.41) is 51.8. The highest BCUT2D eigenvalue weighted by molar-refractivity contribution is 6.31. The molecule has 1 saturated heterocycles. The molecule has 1 aliphatic heterocycles. The first kappa shape index (κ1) is 29.1. The van der Waals surface area contributed by atoms with Crippen LogP contribution in [-0.4, -0.2) is 73.5 Å². The summed E-state index contributed by atoms with van der Waals surface area (Å²) in [4.78, 5) is 39.5. The third-order valence-corrected chi connectivity index (χ3v) is 7.32. The average Bonchev–Trinajstić information content (AvgIpc) is 2.95. The first-order valence-electron chi connectivity index (χ1n) is 13.0. The summed E-state index contributed by atoms with van der Waals surface area (Å²) in [7, 11) is 0. The van der Waals surface area contributed by atoms with E-state index >= 15 is 0 Å². The molecule has 0 bridgehead atoms. The monoisotopic (exact) mass is 576 g/mol. The minimum Gasteiger partial charge on any atom is -0.507 e. The van der Waals surface area contributed by atoms with Gasteiger partial charge in [-0.3, -0.25) is 14.4 Å². The number of hydrogen-bond donors (Lipinski definition) is 5. The second-order valence-corrected chi connectivity index (χ2v) is 10.2. The lowest BCUT2D eigenvalue weighted by Gasteiger charge is -2.43. The molecular weight excluding hydrogens is 548 g/mol. The molecule has 1 fully saturated rings. The van der Waals surface area contributed by atoms with Crippen LogP contribution in [0.2, 0.25) is 0 Å². The number of phenolic OH excluding ortho intramolecular Hbond substituents is 1. The molecule has 0 radical (unpaired) electrons. The molecule has 0 aromatic heterocycles. The lowest BCUT2D eigenvalue weighted by molar-refractivity contribution is -0.371. The number of hydrogen-bond acceptors (Lipinski definition) is 11. The van der Waals surface area contributed by atoms with Gasteiger partial charge in [-0.1, -0.05) is 36.4 Å². The Morgan fingerprint density at radius 2 is 1.60 bits per heavy atom. The minimum absolute atomic E-state index is 0.00938. The van der Waals surface area contributed by atoms with E-state index in [1.165, 1.54) is 39.0 Å². The predicted octanol–water partition coefficient (Wildman–Crippen LogP) is 2.10. The van der Waals surface area contributed by atoms with E-state index in [1.807, 2.05) is 30.3 Å². The molecule has 11 heteroatoms. The van der Waals surface area contributed by atoms with Crippen LogP contribution < -0.4 is 9.47 Å². The van der Waals surface area contributed by atoms with Crippen molar-refractivity contribution >= 4 is 29.7 Å². The van der Waals surface area contributed by atoms with Gasteiger partial charge in [0.25, 0.3) is 0 Å². The second kappa shape index (κ2) is 10.8. The van der Waals surface area contributed by atoms with Crippen LogP contribution in [0.25, 0.3) is 12.2 Å². The number of rotatable bonds is 5. The molecule has 42 heavy (non-hydrogen) atoms. The second-order valence-electron chi connectivity index (χ2n) is 10.2. The fraction of sp³-hybridized carbons (Fsp3) is 0.258. The first-order chi connectivity index (χ1) is 19.8. The zero-order valence-corrected chi connectivity index (χ0v) is 22.8. The van der Waals surface area contributed by atoms with Gasteiger partial charge in [0.1, 0.15) is 23.4 Å². The van der Waals surface area contributed by atoms with E-state index in [4.69, 9.17) is 14.2 Å². The van der Waals surface area contributed by atoms with Crippen molar-refractivity contribution in [3.63, 3.8) is 0 Å². The molecule has 3 aromatic carbocycles. The van der Waals surface area contributed by atoms with Crippen LogP contribution in [0.15, 0.2) is 48.5 Å². The van der Waals surface area contributed by atoms with Crippen LogP contribution in [0.5, 0.6) is 17.2 Å². The Morgan fingerprint density at radius 3 is 2.26 bits per heavy atom. The molecule has 218 valence electrons. The highest BCUT2D eigenvalue weighted by Gasteiger charge is 2.54. The Morgan fingerprint density at radius 1 is 0.929 bits per heavy atom. The SMILES string of the molecule is CC(=O)Oc1ccc2c(c1/C=C/c1ccccc1)C(=O)c1cc(O[C@H]3O[C@@H](C)[C@@H](O)C(O)(O)[C@H]3O)c(C)c(O)c1C2=O. The number of ketones is 2. The largest absolute Gasteiger partial charge is 0.507 e. The van der Waals surface area contributed by atoms with Crippen molar-refractivity contribution in [2.24, 2.45) is 0 Å². The first-order valence-corrected chi connectivity index (χ1v) is 13.0. The maximum atomic E-state index is 14.0. The van der Waals surface area contributed by atoms with Crippen molar-refractivity contribution < 1.29 is 54.1 Å². The summed E-state index contributed by atoms with van der Waals surface area (Å²) < 4.78 is 16.4. The number of fused-ring (bicyclic) bond motifs is 2. The molecule has 1 heterocycles. The highest BCUT2D eigenvalue weighted by atomic mass is 16.7. The lowest BCUT2D eigenvalue weighted by Crippen LogP contribution is -2.66. The van der Waals surface area contributed by atoms with Crippen LogP contribution in [-0.2, 0) is 9.53 Å². The number of benzene rings is 3. The maximum absolute atomic E-state index is 14.0. The van der Waals surface area contributed by atoms with Crippen molar-refractivity contribution in [1.82, 2.24) is 0 Å². The normalized spacial score (nSPS) is 22.9. The summed E-state index contributed by atoms with van der Waals surface area (Å²) in [5.41, 5.74) is 0.354. The van der Waals surface area contributed by atoms with E-state index < -0.39 is 53.7 Å². The topological polar surface area (TPSA) is 180 Å². The van der Waals surface area contributed by atoms with E-state index in [9.17, 15) is 39.9 Å². The third-order valence-electron chi connectivity index (χ3n) is 7.32. The molecule has 11 nitrogen and oxygen atoms in total. The Labute approximate surface area is 239 Å². The Bertz CT molecular complexity index is 1620. The fourth-order valence-corrected chi connectivity index (χ4v) is 5.03. The Balaban J connectivity index is 1.62. The van der Waals surface area contributed by atoms with E-state index in [1.54, 1.807) is 12.2 Å². The van der Waals surface area contributed by atoms with Crippen LogP contribution in [0, 0.1) is 6.92 Å². The van der Waals surface area contributed by atoms with E-state index in [0.717, 1.165) is 5.56 Å². The van der Waals surface area contributed by atoms with Gasteiger partial charge in [-0.15, -0.1) is 0 Å². The number of ether oxygens (including phenoxy) is 3. The molecule has 1 aliphatic carbocycles. The molecule has 5 N–H and O–H groups in total. The van der Waals surface area contributed by atoms with Gasteiger partial charge in [-0.2, -0.15) is 0 Å². The minimum atomic E-state index is -2.98. The number of phenols is 1. The number of carbonyl (C=O) groups excluding carboxylic acids is 3. The Hall–Kier alpha value is -4.39.